The maximum atomic E-state index is 13.3. The first kappa shape index (κ1) is 30.9. The summed E-state index contributed by atoms with van der Waals surface area (Å²) in [5, 5.41) is 43.2. The van der Waals surface area contributed by atoms with Gasteiger partial charge in [0.1, 0.15) is 11.5 Å². The number of rotatable bonds is 11. The maximum Gasteiger partial charge on any atom is 0.416 e. The number of amides is 1. The normalized spacial score (nSPS) is 14.5. The number of nitrogens with zero attached hydrogens (tertiary/aromatic N) is 1. The van der Waals surface area contributed by atoms with E-state index < -0.39 is 63.9 Å². The number of carbonyl (C=O) groups excluding carboxylic acids is 1. The number of hydrogen-bond acceptors (Lipinski definition) is 7. The SMILES string of the molecule is C[C@@H](O)CN(C[C@@H](O)[C@H](Cc1ccccc1)NC(=O)c1cc(O)cc(O)c1)S(=O)(=O)c1ccc(C(F)(F)F)cc1. The number of alkyl halides is 3. The van der Waals surface area contributed by atoms with Gasteiger partial charge in [0.15, 0.2) is 0 Å². The molecule has 0 radical (unpaired) electrons. The number of benzene rings is 3. The van der Waals surface area contributed by atoms with Crippen molar-refractivity contribution in [2.45, 2.75) is 42.7 Å². The summed E-state index contributed by atoms with van der Waals surface area (Å²) in [6.07, 6.45) is -7.39. The first-order chi connectivity index (χ1) is 18.7. The van der Waals surface area contributed by atoms with E-state index in [1.165, 1.54) is 6.92 Å². The predicted molar refractivity (Wildman–Crippen MR) is 139 cm³/mol. The highest BCUT2D eigenvalue weighted by Crippen LogP contribution is 2.30. The lowest BCUT2D eigenvalue weighted by Gasteiger charge is -2.30. The summed E-state index contributed by atoms with van der Waals surface area (Å²) < 4.78 is 66.3. The highest BCUT2D eigenvalue weighted by molar-refractivity contribution is 7.89. The number of carbonyl (C=O) groups is 1. The molecular weight excluding hydrogens is 553 g/mol. The first-order valence-electron chi connectivity index (χ1n) is 12.1. The van der Waals surface area contributed by atoms with E-state index in [0.717, 1.165) is 34.6 Å². The van der Waals surface area contributed by atoms with E-state index in [4.69, 9.17) is 0 Å². The van der Waals surface area contributed by atoms with Gasteiger partial charge >= 0.3 is 6.18 Å². The average Bonchev–Trinajstić information content (AvgIpc) is 2.87. The summed E-state index contributed by atoms with van der Waals surface area (Å²) in [7, 11) is -4.48. The van der Waals surface area contributed by atoms with Crippen LogP contribution in [0.15, 0.2) is 77.7 Å². The van der Waals surface area contributed by atoms with Crippen LogP contribution in [-0.2, 0) is 22.6 Å². The average molecular weight is 583 g/mol. The zero-order valence-electron chi connectivity index (χ0n) is 21.3. The molecule has 5 N–H and O–H groups in total. The van der Waals surface area contributed by atoms with Gasteiger partial charge in [-0.3, -0.25) is 4.79 Å². The molecule has 3 atom stereocenters. The van der Waals surface area contributed by atoms with Crippen molar-refractivity contribution < 1.29 is 46.8 Å². The van der Waals surface area contributed by atoms with Crippen LogP contribution in [-0.4, -0.2) is 70.4 Å². The van der Waals surface area contributed by atoms with Gasteiger partial charge in [0.25, 0.3) is 5.91 Å². The number of nitrogens with one attached hydrogen (secondary N) is 1. The fourth-order valence-electron chi connectivity index (χ4n) is 4.00. The first-order valence-corrected chi connectivity index (χ1v) is 13.5. The molecule has 0 bridgehead atoms. The molecule has 0 aliphatic heterocycles. The molecule has 216 valence electrons. The van der Waals surface area contributed by atoms with E-state index in [2.05, 4.69) is 5.32 Å². The Morgan fingerprint density at radius 1 is 0.925 bits per heavy atom. The van der Waals surface area contributed by atoms with Crippen LogP contribution in [0.2, 0.25) is 0 Å². The van der Waals surface area contributed by atoms with Gasteiger partial charge in [0, 0.05) is 24.7 Å². The van der Waals surface area contributed by atoms with Crippen molar-refractivity contribution in [3.63, 3.8) is 0 Å². The highest BCUT2D eigenvalue weighted by Gasteiger charge is 2.34. The van der Waals surface area contributed by atoms with Crippen LogP contribution in [0, 0.1) is 0 Å². The molecule has 0 spiro atoms. The number of aliphatic hydroxyl groups excluding tert-OH is 2. The molecular formula is C27H29F3N2O7S. The van der Waals surface area contributed by atoms with E-state index in [9.17, 15) is 46.8 Å². The fraction of sp³-hybridized carbons (Fsp3) is 0.296. The Morgan fingerprint density at radius 2 is 1.50 bits per heavy atom. The Kier molecular flexibility index (Phi) is 9.79. The molecule has 0 fully saturated rings. The van der Waals surface area contributed by atoms with Crippen molar-refractivity contribution in [2.75, 3.05) is 13.1 Å². The van der Waals surface area contributed by atoms with E-state index in [-0.39, 0.29) is 23.5 Å². The highest BCUT2D eigenvalue weighted by atomic mass is 32.2. The number of aromatic hydroxyl groups is 2. The van der Waals surface area contributed by atoms with Crippen LogP contribution < -0.4 is 5.32 Å². The molecule has 3 aromatic carbocycles. The molecule has 40 heavy (non-hydrogen) atoms. The molecule has 3 aromatic rings. The summed E-state index contributed by atoms with van der Waals surface area (Å²) in [5.74, 6) is -1.54. The number of phenols is 2. The standard InChI is InChI=1S/C27H29F3N2O7S/c1-17(33)15-32(40(38,39)23-9-7-20(8-10-23)27(28,29)30)16-25(36)24(11-18-5-3-2-4-6-18)31-26(37)19-12-21(34)14-22(35)13-19/h2-10,12-14,17,24-25,33-36H,11,15-16H2,1H3,(H,31,37)/t17-,24+,25-/m1/s1. The third kappa shape index (κ3) is 8.18. The number of halogens is 3. The van der Waals surface area contributed by atoms with Gasteiger partial charge in [-0.25, -0.2) is 8.42 Å². The van der Waals surface area contributed by atoms with Crippen LogP contribution >= 0.6 is 0 Å². The monoisotopic (exact) mass is 582 g/mol. The number of aliphatic hydroxyl groups is 2. The van der Waals surface area contributed by atoms with Gasteiger partial charge < -0.3 is 25.7 Å². The largest absolute Gasteiger partial charge is 0.508 e. The van der Waals surface area contributed by atoms with Gasteiger partial charge in [0.05, 0.1) is 28.7 Å². The van der Waals surface area contributed by atoms with Gasteiger partial charge in [-0.15, -0.1) is 0 Å². The van der Waals surface area contributed by atoms with Crippen LogP contribution in [0.1, 0.15) is 28.4 Å². The summed E-state index contributed by atoms with van der Waals surface area (Å²) in [4.78, 5) is 12.5. The summed E-state index contributed by atoms with van der Waals surface area (Å²) >= 11 is 0. The lowest BCUT2D eigenvalue weighted by molar-refractivity contribution is -0.137. The Bertz CT molecular complexity index is 1380. The molecule has 0 saturated carbocycles. The molecule has 9 nitrogen and oxygen atoms in total. The Morgan fingerprint density at radius 3 is 2.02 bits per heavy atom. The second-order valence-corrected chi connectivity index (χ2v) is 11.2. The Balaban J connectivity index is 1.91. The molecule has 3 rings (SSSR count). The number of sulfonamides is 1. The van der Waals surface area contributed by atoms with Crippen LogP contribution in [0.4, 0.5) is 13.2 Å². The van der Waals surface area contributed by atoms with Crippen molar-refractivity contribution in [3.05, 3.63) is 89.5 Å². The number of hydrogen-bond donors (Lipinski definition) is 5. The molecule has 0 aliphatic carbocycles. The minimum atomic E-state index is -4.67. The third-order valence-electron chi connectivity index (χ3n) is 5.92. The molecule has 0 heterocycles. The minimum absolute atomic E-state index is 0.0430. The topological polar surface area (TPSA) is 147 Å². The van der Waals surface area contributed by atoms with Gasteiger partial charge in [-0.1, -0.05) is 30.3 Å². The predicted octanol–water partition coefficient (Wildman–Crippen LogP) is 2.89. The molecule has 0 unspecified atom stereocenters. The maximum absolute atomic E-state index is 13.3. The molecule has 13 heteroatoms. The summed E-state index contributed by atoms with van der Waals surface area (Å²) in [6.45, 7) is 0.184. The quantitative estimate of drug-likeness (QED) is 0.234. The molecule has 1 amide bonds. The van der Waals surface area contributed by atoms with Crippen molar-refractivity contribution in [1.82, 2.24) is 9.62 Å². The van der Waals surface area contributed by atoms with E-state index >= 15 is 0 Å². The molecule has 0 aliphatic rings. The third-order valence-corrected chi connectivity index (χ3v) is 7.77. The molecule has 0 aromatic heterocycles. The Hall–Kier alpha value is -3.65. The number of phenolic OH excluding ortho intramolecular Hbond substituents is 2. The van der Waals surface area contributed by atoms with E-state index in [0.29, 0.717) is 17.7 Å². The Labute approximate surface area is 229 Å². The minimum Gasteiger partial charge on any atom is -0.508 e. The van der Waals surface area contributed by atoms with Crippen molar-refractivity contribution in [1.29, 1.82) is 0 Å². The summed E-state index contributed by atoms with van der Waals surface area (Å²) in [5.41, 5.74) is -0.489. The molecule has 0 saturated heterocycles. The lowest BCUT2D eigenvalue weighted by atomic mass is 10.0. The van der Waals surface area contributed by atoms with Crippen LogP contribution in [0.3, 0.4) is 0 Å². The van der Waals surface area contributed by atoms with Crippen molar-refractivity contribution in [2.24, 2.45) is 0 Å². The smallest absolute Gasteiger partial charge is 0.416 e. The lowest BCUT2D eigenvalue weighted by Crippen LogP contribution is -2.51. The summed E-state index contributed by atoms with van der Waals surface area (Å²) in [6, 6.07) is 13.6. The van der Waals surface area contributed by atoms with Crippen LogP contribution in [0.25, 0.3) is 0 Å². The fourth-order valence-corrected chi connectivity index (χ4v) is 5.53. The van der Waals surface area contributed by atoms with Gasteiger partial charge in [-0.05, 0) is 55.3 Å². The van der Waals surface area contributed by atoms with Gasteiger partial charge in [0.2, 0.25) is 10.0 Å². The van der Waals surface area contributed by atoms with E-state index in [1.807, 2.05) is 0 Å². The zero-order valence-corrected chi connectivity index (χ0v) is 22.1. The van der Waals surface area contributed by atoms with Crippen molar-refractivity contribution in [3.8, 4) is 11.5 Å². The van der Waals surface area contributed by atoms with Crippen molar-refractivity contribution >= 4 is 15.9 Å². The van der Waals surface area contributed by atoms with Crippen LogP contribution in [0.5, 0.6) is 11.5 Å². The second-order valence-electron chi connectivity index (χ2n) is 9.27. The second kappa shape index (κ2) is 12.7. The van der Waals surface area contributed by atoms with Gasteiger partial charge in [-0.2, -0.15) is 17.5 Å². The van der Waals surface area contributed by atoms with E-state index in [1.54, 1.807) is 30.3 Å². The zero-order chi connectivity index (χ0) is 29.7.